The highest BCUT2D eigenvalue weighted by Gasteiger charge is 2.47. The third kappa shape index (κ3) is 4.22. The van der Waals surface area contributed by atoms with Gasteiger partial charge in [-0.1, -0.05) is 61.9 Å². The van der Waals surface area contributed by atoms with Crippen molar-refractivity contribution in [3.8, 4) is 0 Å². The SMILES string of the molecule is C[C@@]1(C(=O)NC2CCCCCCC2)CCC(=O)N1Cc1ccccc1Cl. The first kappa shape index (κ1) is 19.2. The predicted molar refractivity (Wildman–Crippen MR) is 104 cm³/mol. The second-order valence-electron chi connectivity index (χ2n) is 7.86. The van der Waals surface area contributed by atoms with Gasteiger partial charge >= 0.3 is 0 Å². The number of halogens is 1. The van der Waals surface area contributed by atoms with Crippen LogP contribution in [0.3, 0.4) is 0 Å². The normalized spacial score (nSPS) is 25.0. The Hall–Kier alpha value is -1.55. The molecule has 142 valence electrons. The smallest absolute Gasteiger partial charge is 0.245 e. The van der Waals surface area contributed by atoms with Gasteiger partial charge in [0.05, 0.1) is 0 Å². The van der Waals surface area contributed by atoms with Gasteiger partial charge in [-0.15, -0.1) is 0 Å². The van der Waals surface area contributed by atoms with Gasteiger partial charge in [-0.05, 0) is 37.8 Å². The highest BCUT2D eigenvalue weighted by molar-refractivity contribution is 6.31. The van der Waals surface area contributed by atoms with Gasteiger partial charge in [0.25, 0.3) is 0 Å². The minimum absolute atomic E-state index is 0.0130. The number of rotatable bonds is 4. The number of likely N-dealkylation sites (tertiary alicyclic amines) is 1. The van der Waals surface area contributed by atoms with Crippen LogP contribution in [0.2, 0.25) is 5.02 Å². The first-order chi connectivity index (χ1) is 12.5. The standard InChI is InChI=1S/C21H29ClN2O2/c1-21(20(26)23-17-10-5-3-2-4-6-11-17)14-13-19(25)24(21)15-16-9-7-8-12-18(16)22/h7-9,12,17H,2-6,10-11,13-15H2,1H3,(H,23,26)/t21-/m0/s1. The zero-order valence-corrected chi connectivity index (χ0v) is 16.4. The maximum atomic E-state index is 13.1. The summed E-state index contributed by atoms with van der Waals surface area (Å²) in [5.41, 5.74) is 0.0907. The van der Waals surface area contributed by atoms with Crippen LogP contribution in [0.4, 0.5) is 0 Å². The molecule has 1 aliphatic carbocycles. The summed E-state index contributed by atoms with van der Waals surface area (Å²) in [5.74, 6) is 0.0150. The van der Waals surface area contributed by atoms with E-state index in [1.54, 1.807) is 4.90 Å². The third-order valence-electron chi connectivity index (χ3n) is 5.94. The fraction of sp³-hybridized carbons (Fsp3) is 0.619. The molecule has 0 radical (unpaired) electrons. The van der Waals surface area contributed by atoms with Crippen LogP contribution in [0.1, 0.15) is 70.3 Å². The molecule has 3 rings (SSSR count). The number of carbonyl (C=O) groups excluding carboxylic acids is 2. The van der Waals surface area contributed by atoms with Crippen LogP contribution in [0.15, 0.2) is 24.3 Å². The maximum Gasteiger partial charge on any atom is 0.245 e. The molecule has 0 aromatic heterocycles. The zero-order valence-electron chi connectivity index (χ0n) is 15.6. The number of hydrogen-bond donors (Lipinski definition) is 1. The lowest BCUT2D eigenvalue weighted by Crippen LogP contribution is -2.56. The van der Waals surface area contributed by atoms with E-state index in [1.807, 2.05) is 31.2 Å². The lowest BCUT2D eigenvalue weighted by molar-refractivity contribution is -0.141. The summed E-state index contributed by atoms with van der Waals surface area (Å²) in [6.07, 6.45) is 9.21. The monoisotopic (exact) mass is 376 g/mol. The average Bonchev–Trinajstić information content (AvgIpc) is 2.88. The van der Waals surface area contributed by atoms with Gasteiger partial charge in [0, 0.05) is 24.0 Å². The fourth-order valence-corrected chi connectivity index (χ4v) is 4.33. The van der Waals surface area contributed by atoms with E-state index in [-0.39, 0.29) is 17.9 Å². The molecule has 1 saturated carbocycles. The van der Waals surface area contributed by atoms with Crippen molar-refractivity contribution in [3.63, 3.8) is 0 Å². The first-order valence-electron chi connectivity index (χ1n) is 9.85. The van der Waals surface area contributed by atoms with E-state index >= 15 is 0 Å². The van der Waals surface area contributed by atoms with Crippen molar-refractivity contribution in [1.82, 2.24) is 10.2 Å². The lowest BCUT2D eigenvalue weighted by atomic mass is 9.93. The van der Waals surface area contributed by atoms with E-state index in [4.69, 9.17) is 11.6 Å². The molecule has 2 aliphatic rings. The minimum Gasteiger partial charge on any atom is -0.351 e. The van der Waals surface area contributed by atoms with Gasteiger partial charge in [0.2, 0.25) is 11.8 Å². The molecule has 1 aromatic rings. The van der Waals surface area contributed by atoms with E-state index in [9.17, 15) is 9.59 Å². The van der Waals surface area contributed by atoms with Crippen molar-refractivity contribution in [3.05, 3.63) is 34.9 Å². The molecule has 5 heteroatoms. The second-order valence-corrected chi connectivity index (χ2v) is 8.27. The Morgan fingerprint density at radius 2 is 1.85 bits per heavy atom. The fourth-order valence-electron chi connectivity index (χ4n) is 4.13. The molecule has 1 atom stereocenters. The van der Waals surface area contributed by atoms with Crippen molar-refractivity contribution in [2.45, 2.75) is 82.8 Å². The number of nitrogens with one attached hydrogen (secondary N) is 1. The van der Waals surface area contributed by atoms with Gasteiger partial charge in [-0.25, -0.2) is 0 Å². The first-order valence-corrected chi connectivity index (χ1v) is 10.2. The molecule has 0 spiro atoms. The summed E-state index contributed by atoms with van der Waals surface area (Å²) in [7, 11) is 0. The summed E-state index contributed by atoms with van der Waals surface area (Å²) in [6.45, 7) is 2.28. The quantitative estimate of drug-likeness (QED) is 0.843. The molecule has 1 heterocycles. The van der Waals surface area contributed by atoms with Crippen molar-refractivity contribution < 1.29 is 9.59 Å². The van der Waals surface area contributed by atoms with Crippen LogP contribution in [0.5, 0.6) is 0 Å². The van der Waals surface area contributed by atoms with E-state index in [2.05, 4.69) is 5.32 Å². The van der Waals surface area contributed by atoms with E-state index < -0.39 is 5.54 Å². The van der Waals surface area contributed by atoms with Gasteiger partial charge in [-0.2, -0.15) is 0 Å². The van der Waals surface area contributed by atoms with Crippen molar-refractivity contribution in [2.75, 3.05) is 0 Å². The summed E-state index contributed by atoms with van der Waals surface area (Å²) in [6, 6.07) is 7.76. The summed E-state index contributed by atoms with van der Waals surface area (Å²) < 4.78 is 0. The van der Waals surface area contributed by atoms with E-state index in [0.29, 0.717) is 24.4 Å². The van der Waals surface area contributed by atoms with E-state index in [0.717, 1.165) is 18.4 Å². The number of carbonyl (C=O) groups is 2. The van der Waals surface area contributed by atoms with Crippen LogP contribution < -0.4 is 5.32 Å². The zero-order chi connectivity index (χ0) is 18.6. The summed E-state index contributed by atoms with van der Waals surface area (Å²) in [5, 5.41) is 3.89. The highest BCUT2D eigenvalue weighted by Crippen LogP contribution is 2.33. The molecule has 0 unspecified atom stereocenters. The topological polar surface area (TPSA) is 49.4 Å². The molecular formula is C21H29ClN2O2. The number of amides is 2. The average molecular weight is 377 g/mol. The van der Waals surface area contributed by atoms with Crippen molar-refractivity contribution in [1.29, 1.82) is 0 Å². The highest BCUT2D eigenvalue weighted by atomic mass is 35.5. The Kier molecular flexibility index (Phi) is 6.23. The Labute approximate surface area is 161 Å². The molecule has 26 heavy (non-hydrogen) atoms. The number of nitrogens with zero attached hydrogens (tertiary/aromatic N) is 1. The van der Waals surface area contributed by atoms with Gasteiger partial charge < -0.3 is 10.2 Å². The van der Waals surface area contributed by atoms with Crippen LogP contribution in [0, 0.1) is 0 Å². The second kappa shape index (κ2) is 8.43. The molecule has 1 saturated heterocycles. The Morgan fingerprint density at radius 1 is 1.19 bits per heavy atom. The Balaban J connectivity index is 1.71. The van der Waals surface area contributed by atoms with Gasteiger partial charge in [-0.3, -0.25) is 9.59 Å². The van der Waals surface area contributed by atoms with Gasteiger partial charge in [0.15, 0.2) is 0 Å². The largest absolute Gasteiger partial charge is 0.351 e. The van der Waals surface area contributed by atoms with Gasteiger partial charge in [0.1, 0.15) is 5.54 Å². The Morgan fingerprint density at radius 3 is 2.54 bits per heavy atom. The molecule has 1 aromatic carbocycles. The third-order valence-corrected chi connectivity index (χ3v) is 6.31. The molecule has 2 fully saturated rings. The molecule has 1 aliphatic heterocycles. The van der Waals surface area contributed by atoms with Crippen LogP contribution in [-0.4, -0.2) is 28.3 Å². The number of hydrogen-bond acceptors (Lipinski definition) is 2. The van der Waals surface area contributed by atoms with E-state index in [1.165, 1.54) is 32.1 Å². The molecular weight excluding hydrogens is 348 g/mol. The molecule has 0 bridgehead atoms. The van der Waals surface area contributed by atoms with Crippen LogP contribution in [-0.2, 0) is 16.1 Å². The molecule has 4 nitrogen and oxygen atoms in total. The van der Waals surface area contributed by atoms with Crippen LogP contribution >= 0.6 is 11.6 Å². The minimum atomic E-state index is -0.793. The van der Waals surface area contributed by atoms with Crippen LogP contribution in [0.25, 0.3) is 0 Å². The summed E-state index contributed by atoms with van der Waals surface area (Å²) in [4.78, 5) is 27.3. The van der Waals surface area contributed by atoms with Crippen molar-refractivity contribution >= 4 is 23.4 Å². The predicted octanol–water partition coefficient (Wildman–Crippen LogP) is 4.45. The van der Waals surface area contributed by atoms with Crippen molar-refractivity contribution in [2.24, 2.45) is 0 Å². The molecule has 2 amide bonds. The lowest BCUT2D eigenvalue weighted by Gasteiger charge is -2.36. The maximum absolute atomic E-state index is 13.1. The Bertz CT molecular complexity index is 655. The molecule has 1 N–H and O–H groups in total. The summed E-state index contributed by atoms with van der Waals surface area (Å²) >= 11 is 6.27. The number of benzene rings is 1.